The molecule has 9 heteroatoms. The predicted molar refractivity (Wildman–Crippen MR) is 84.7 cm³/mol. The van der Waals surface area contributed by atoms with Crippen LogP contribution in [0.1, 0.15) is 18.5 Å². The summed E-state index contributed by atoms with van der Waals surface area (Å²) in [6, 6.07) is 5.21. The van der Waals surface area contributed by atoms with Gasteiger partial charge in [-0.15, -0.1) is 0 Å². The molecule has 0 amide bonds. The molecule has 0 aliphatic carbocycles. The van der Waals surface area contributed by atoms with Crippen LogP contribution in [0.2, 0.25) is 0 Å². The number of hydrogen-bond acceptors (Lipinski definition) is 5. The third-order valence-electron chi connectivity index (χ3n) is 3.76. The average molecular weight is 347 g/mol. The third-order valence-corrected chi connectivity index (χ3v) is 3.76. The normalized spacial score (nSPS) is 14.8. The zero-order chi connectivity index (χ0) is 17.6. The van der Waals surface area contributed by atoms with Gasteiger partial charge < -0.3 is 9.47 Å². The van der Waals surface area contributed by atoms with E-state index in [-0.39, 0.29) is 29.7 Å². The number of halogens is 2. The topological polar surface area (TPSA) is 93.0 Å². The molecule has 0 bridgehead atoms. The maximum atomic E-state index is 14.4. The van der Waals surface area contributed by atoms with Crippen LogP contribution in [-0.2, 0) is 11.3 Å². The summed E-state index contributed by atoms with van der Waals surface area (Å²) in [5.41, 5.74) is 8.45. The van der Waals surface area contributed by atoms with Crippen molar-refractivity contribution >= 4 is 0 Å². The SMILES string of the molecule is [N-]=[N+]=NCc1ccc(-c2c(F)cc(OC3CCOCC3)cc2F)nn1. The molecule has 0 radical (unpaired) electrons. The van der Waals surface area contributed by atoms with Crippen molar-refractivity contribution in [3.8, 4) is 17.0 Å². The minimum atomic E-state index is -0.779. The lowest BCUT2D eigenvalue weighted by molar-refractivity contribution is 0.0253. The van der Waals surface area contributed by atoms with E-state index in [9.17, 15) is 8.78 Å². The molecule has 3 rings (SSSR count). The number of benzene rings is 1. The standard InChI is InChI=1S/C16H15F2N5O2/c17-13-7-12(25-11-3-5-24-6-4-11)8-14(18)16(13)15-2-1-10(21-22-15)9-20-23-19/h1-2,7-8,11H,3-6,9H2. The first-order valence-electron chi connectivity index (χ1n) is 7.74. The van der Waals surface area contributed by atoms with Crippen molar-refractivity contribution in [2.24, 2.45) is 5.11 Å². The summed E-state index contributed by atoms with van der Waals surface area (Å²) >= 11 is 0. The number of aromatic nitrogens is 2. The Balaban J connectivity index is 1.80. The van der Waals surface area contributed by atoms with Crippen molar-refractivity contribution < 1.29 is 18.3 Å². The molecule has 1 aromatic heterocycles. The highest BCUT2D eigenvalue weighted by Gasteiger charge is 2.19. The largest absolute Gasteiger partial charge is 0.490 e. The van der Waals surface area contributed by atoms with Crippen LogP contribution in [0.15, 0.2) is 29.4 Å². The van der Waals surface area contributed by atoms with Crippen molar-refractivity contribution in [2.45, 2.75) is 25.5 Å². The van der Waals surface area contributed by atoms with Crippen LogP contribution < -0.4 is 4.74 Å². The van der Waals surface area contributed by atoms with E-state index in [1.807, 2.05) is 0 Å². The van der Waals surface area contributed by atoms with Gasteiger partial charge in [-0.1, -0.05) is 5.11 Å². The minimum Gasteiger partial charge on any atom is -0.490 e. The maximum absolute atomic E-state index is 14.4. The van der Waals surface area contributed by atoms with Gasteiger partial charge in [0.2, 0.25) is 0 Å². The van der Waals surface area contributed by atoms with Gasteiger partial charge in [-0.2, -0.15) is 10.2 Å². The molecule has 0 unspecified atom stereocenters. The molecule has 25 heavy (non-hydrogen) atoms. The summed E-state index contributed by atoms with van der Waals surface area (Å²) in [6.07, 6.45) is 1.25. The summed E-state index contributed by atoms with van der Waals surface area (Å²) in [4.78, 5) is 2.61. The highest BCUT2D eigenvalue weighted by atomic mass is 19.1. The van der Waals surface area contributed by atoms with E-state index >= 15 is 0 Å². The lowest BCUT2D eigenvalue weighted by Gasteiger charge is -2.23. The predicted octanol–water partition coefficient (Wildman–Crippen LogP) is 3.79. The molecule has 0 spiro atoms. The molecule has 1 aromatic carbocycles. The number of ether oxygens (including phenoxy) is 2. The smallest absolute Gasteiger partial charge is 0.139 e. The molecular formula is C16H15F2N5O2. The van der Waals surface area contributed by atoms with Crippen molar-refractivity contribution in [1.29, 1.82) is 0 Å². The second-order valence-corrected chi connectivity index (χ2v) is 5.49. The fourth-order valence-corrected chi connectivity index (χ4v) is 2.53. The van der Waals surface area contributed by atoms with E-state index in [1.165, 1.54) is 12.1 Å². The zero-order valence-corrected chi connectivity index (χ0v) is 13.2. The maximum Gasteiger partial charge on any atom is 0.139 e. The molecule has 2 heterocycles. The second kappa shape index (κ2) is 7.87. The van der Waals surface area contributed by atoms with E-state index < -0.39 is 11.6 Å². The molecule has 2 aromatic rings. The molecule has 0 saturated carbocycles. The highest BCUT2D eigenvalue weighted by molar-refractivity contribution is 5.61. The van der Waals surface area contributed by atoms with Crippen molar-refractivity contribution in [2.75, 3.05) is 13.2 Å². The fourth-order valence-electron chi connectivity index (χ4n) is 2.53. The molecule has 7 nitrogen and oxygen atoms in total. The molecule has 1 fully saturated rings. The summed E-state index contributed by atoms with van der Waals surface area (Å²) in [6.45, 7) is 1.17. The van der Waals surface area contributed by atoms with E-state index in [0.29, 0.717) is 31.7 Å². The number of rotatable bonds is 5. The first-order valence-corrected chi connectivity index (χ1v) is 7.74. The third kappa shape index (κ3) is 4.20. The molecule has 0 N–H and O–H groups in total. The van der Waals surface area contributed by atoms with Crippen LogP contribution in [0.5, 0.6) is 5.75 Å². The quantitative estimate of drug-likeness (QED) is 0.467. The van der Waals surface area contributed by atoms with Crippen LogP contribution >= 0.6 is 0 Å². The Labute approximate surface area is 142 Å². The molecule has 1 saturated heterocycles. The average Bonchev–Trinajstić information content (AvgIpc) is 2.61. The Hall–Kier alpha value is -2.77. The van der Waals surface area contributed by atoms with E-state index in [4.69, 9.17) is 15.0 Å². The summed E-state index contributed by atoms with van der Waals surface area (Å²) in [5, 5.41) is 10.9. The van der Waals surface area contributed by atoms with Gasteiger partial charge in [0.25, 0.3) is 0 Å². The van der Waals surface area contributed by atoms with Gasteiger partial charge in [0.1, 0.15) is 23.5 Å². The van der Waals surface area contributed by atoms with Crippen molar-refractivity contribution in [3.63, 3.8) is 0 Å². The molecule has 1 aliphatic heterocycles. The van der Waals surface area contributed by atoms with Crippen LogP contribution in [0.4, 0.5) is 8.78 Å². The molecule has 130 valence electrons. The first-order chi connectivity index (χ1) is 12.2. The van der Waals surface area contributed by atoms with Gasteiger partial charge in [-0.3, -0.25) is 0 Å². The summed E-state index contributed by atoms with van der Waals surface area (Å²) in [5.74, 6) is -1.42. The number of nitrogens with zero attached hydrogens (tertiary/aromatic N) is 5. The van der Waals surface area contributed by atoms with E-state index in [0.717, 1.165) is 12.1 Å². The summed E-state index contributed by atoms with van der Waals surface area (Å²) < 4.78 is 39.6. The van der Waals surface area contributed by atoms with Crippen LogP contribution in [0, 0.1) is 11.6 Å². The fraction of sp³-hybridized carbons (Fsp3) is 0.375. The monoisotopic (exact) mass is 347 g/mol. The summed E-state index contributed by atoms with van der Waals surface area (Å²) in [7, 11) is 0. The number of hydrogen-bond donors (Lipinski definition) is 0. The first kappa shape index (κ1) is 17.1. The van der Waals surface area contributed by atoms with Gasteiger partial charge >= 0.3 is 0 Å². The molecule has 1 aliphatic rings. The van der Waals surface area contributed by atoms with Crippen LogP contribution in [0.3, 0.4) is 0 Å². The zero-order valence-electron chi connectivity index (χ0n) is 13.2. The lowest BCUT2D eigenvalue weighted by atomic mass is 10.1. The Morgan fingerprint density at radius 2 is 1.92 bits per heavy atom. The Morgan fingerprint density at radius 3 is 2.52 bits per heavy atom. The second-order valence-electron chi connectivity index (χ2n) is 5.49. The van der Waals surface area contributed by atoms with Crippen LogP contribution in [0.25, 0.3) is 21.7 Å². The van der Waals surface area contributed by atoms with Crippen molar-refractivity contribution in [1.82, 2.24) is 10.2 Å². The van der Waals surface area contributed by atoms with Crippen molar-refractivity contribution in [3.05, 3.63) is 52.0 Å². The Kier molecular flexibility index (Phi) is 5.37. The van der Waals surface area contributed by atoms with E-state index in [1.54, 1.807) is 0 Å². The minimum absolute atomic E-state index is 0.0205. The van der Waals surface area contributed by atoms with Gasteiger partial charge in [0, 0.05) is 29.9 Å². The molecular weight excluding hydrogens is 332 g/mol. The Morgan fingerprint density at radius 1 is 1.20 bits per heavy atom. The van der Waals surface area contributed by atoms with Gasteiger partial charge in [-0.25, -0.2) is 8.78 Å². The van der Waals surface area contributed by atoms with Gasteiger partial charge in [0.15, 0.2) is 0 Å². The van der Waals surface area contributed by atoms with Gasteiger partial charge in [-0.05, 0) is 17.7 Å². The van der Waals surface area contributed by atoms with Crippen LogP contribution in [-0.4, -0.2) is 29.5 Å². The van der Waals surface area contributed by atoms with Gasteiger partial charge in [0.05, 0.1) is 36.7 Å². The highest BCUT2D eigenvalue weighted by Crippen LogP contribution is 2.29. The molecule has 0 atom stereocenters. The Bertz CT molecular complexity index is 765. The lowest BCUT2D eigenvalue weighted by Crippen LogP contribution is -2.26. The van der Waals surface area contributed by atoms with E-state index in [2.05, 4.69) is 20.2 Å². The number of azide groups is 1.